The molecule has 1 fully saturated rings. The van der Waals surface area contributed by atoms with Gasteiger partial charge >= 0.3 is 0 Å². The zero-order valence-corrected chi connectivity index (χ0v) is 11.3. The van der Waals surface area contributed by atoms with Crippen molar-refractivity contribution in [2.24, 2.45) is 12.8 Å². The summed E-state index contributed by atoms with van der Waals surface area (Å²) < 4.78 is 1.73. The zero-order valence-electron chi connectivity index (χ0n) is 10.5. The summed E-state index contributed by atoms with van der Waals surface area (Å²) in [4.78, 5) is 13.7. The summed E-state index contributed by atoms with van der Waals surface area (Å²) in [5.74, 6) is 0.0290. The summed E-state index contributed by atoms with van der Waals surface area (Å²) in [6.07, 6.45) is 7.09. The summed E-state index contributed by atoms with van der Waals surface area (Å²) in [7, 11) is 1.85. The summed E-state index contributed by atoms with van der Waals surface area (Å²) >= 11 is 0. The fourth-order valence-corrected chi connectivity index (χ4v) is 2.02. The summed E-state index contributed by atoms with van der Waals surface area (Å²) in [5.41, 5.74) is 6.76. The minimum absolute atomic E-state index is 0. The molecule has 2 heterocycles. The van der Waals surface area contributed by atoms with E-state index >= 15 is 0 Å². The molecule has 2 rings (SSSR count). The molecular formula is C12H19ClN4O. The van der Waals surface area contributed by atoms with Crippen LogP contribution in [-0.2, 0) is 11.8 Å². The van der Waals surface area contributed by atoms with E-state index in [2.05, 4.69) is 5.10 Å². The van der Waals surface area contributed by atoms with Crippen molar-refractivity contribution >= 4 is 24.4 Å². The fourth-order valence-electron chi connectivity index (χ4n) is 2.02. The van der Waals surface area contributed by atoms with Crippen LogP contribution in [0.2, 0.25) is 0 Å². The molecule has 0 radical (unpaired) electrons. The van der Waals surface area contributed by atoms with Crippen LogP contribution in [0.3, 0.4) is 0 Å². The van der Waals surface area contributed by atoms with Gasteiger partial charge in [0, 0.05) is 38.5 Å². The molecule has 1 aromatic rings. The molecule has 1 aliphatic heterocycles. The molecule has 0 saturated carbocycles. The van der Waals surface area contributed by atoms with E-state index < -0.39 is 0 Å². The first kappa shape index (κ1) is 14.7. The predicted molar refractivity (Wildman–Crippen MR) is 73.3 cm³/mol. The number of nitrogens with two attached hydrogens (primary N) is 1. The van der Waals surface area contributed by atoms with E-state index in [-0.39, 0.29) is 24.4 Å². The Bertz CT molecular complexity index is 429. The Kier molecular flexibility index (Phi) is 5.37. The Hall–Kier alpha value is -1.33. The molecule has 1 amide bonds. The van der Waals surface area contributed by atoms with Crippen LogP contribution in [0.1, 0.15) is 18.5 Å². The Balaban J connectivity index is 0.00000162. The SMILES string of the molecule is Cl.Cn1nccc1C=CC(=O)N1CCCC(N)C1. The third-order valence-electron chi connectivity index (χ3n) is 3.03. The number of halogens is 1. The normalized spacial score (nSPS) is 19.9. The number of rotatable bonds is 2. The van der Waals surface area contributed by atoms with Gasteiger partial charge < -0.3 is 10.6 Å². The van der Waals surface area contributed by atoms with Gasteiger partial charge in [-0.15, -0.1) is 12.4 Å². The molecule has 1 aliphatic rings. The number of nitrogens with zero attached hydrogens (tertiary/aromatic N) is 3. The lowest BCUT2D eigenvalue weighted by Crippen LogP contribution is -2.45. The van der Waals surface area contributed by atoms with Crippen molar-refractivity contribution in [1.29, 1.82) is 0 Å². The molecule has 2 N–H and O–H groups in total. The molecule has 0 spiro atoms. The first-order valence-corrected chi connectivity index (χ1v) is 5.87. The van der Waals surface area contributed by atoms with Crippen molar-refractivity contribution in [2.75, 3.05) is 13.1 Å². The first-order chi connectivity index (χ1) is 8.16. The highest BCUT2D eigenvalue weighted by Crippen LogP contribution is 2.09. The smallest absolute Gasteiger partial charge is 0.246 e. The van der Waals surface area contributed by atoms with E-state index in [1.165, 1.54) is 0 Å². The highest BCUT2D eigenvalue weighted by Gasteiger charge is 2.19. The van der Waals surface area contributed by atoms with Gasteiger partial charge in [-0.05, 0) is 25.0 Å². The van der Waals surface area contributed by atoms with Crippen LogP contribution in [0.25, 0.3) is 6.08 Å². The standard InChI is InChI=1S/C12H18N4O.ClH/c1-15-11(6-7-14-15)4-5-12(17)16-8-2-3-10(13)9-16;/h4-7,10H,2-3,8-9,13H2,1H3;1H. The highest BCUT2D eigenvalue weighted by molar-refractivity contribution is 5.91. The molecule has 1 unspecified atom stereocenters. The maximum Gasteiger partial charge on any atom is 0.246 e. The second-order valence-corrected chi connectivity index (χ2v) is 4.40. The van der Waals surface area contributed by atoms with Crippen molar-refractivity contribution in [2.45, 2.75) is 18.9 Å². The van der Waals surface area contributed by atoms with E-state index in [0.29, 0.717) is 6.54 Å². The number of piperidine rings is 1. The number of likely N-dealkylation sites (tertiary alicyclic amines) is 1. The first-order valence-electron chi connectivity index (χ1n) is 5.87. The minimum Gasteiger partial charge on any atom is -0.338 e. The van der Waals surface area contributed by atoms with Crippen molar-refractivity contribution in [3.63, 3.8) is 0 Å². The quantitative estimate of drug-likeness (QED) is 0.809. The molecule has 1 saturated heterocycles. The molecule has 100 valence electrons. The minimum atomic E-state index is 0. The maximum absolute atomic E-state index is 11.9. The van der Waals surface area contributed by atoms with E-state index in [0.717, 1.165) is 25.1 Å². The molecule has 6 heteroatoms. The number of amides is 1. The Labute approximate surface area is 113 Å². The number of aryl methyl sites for hydroxylation is 1. The van der Waals surface area contributed by atoms with Crippen molar-refractivity contribution < 1.29 is 4.79 Å². The predicted octanol–water partition coefficient (Wildman–Crippen LogP) is 0.805. The van der Waals surface area contributed by atoms with Gasteiger partial charge in [-0.25, -0.2) is 0 Å². The lowest BCUT2D eigenvalue weighted by atomic mass is 10.1. The summed E-state index contributed by atoms with van der Waals surface area (Å²) in [6, 6.07) is 1.99. The number of aromatic nitrogens is 2. The number of hydrogen-bond acceptors (Lipinski definition) is 3. The second-order valence-electron chi connectivity index (χ2n) is 4.40. The van der Waals surface area contributed by atoms with Crippen LogP contribution in [0.4, 0.5) is 0 Å². The molecule has 18 heavy (non-hydrogen) atoms. The third-order valence-corrected chi connectivity index (χ3v) is 3.03. The highest BCUT2D eigenvalue weighted by atomic mass is 35.5. The molecule has 1 atom stereocenters. The average molecular weight is 271 g/mol. The largest absolute Gasteiger partial charge is 0.338 e. The topological polar surface area (TPSA) is 64.2 Å². The van der Waals surface area contributed by atoms with Crippen LogP contribution in [-0.4, -0.2) is 39.7 Å². The van der Waals surface area contributed by atoms with E-state index in [1.807, 2.05) is 13.1 Å². The van der Waals surface area contributed by atoms with Crippen LogP contribution >= 0.6 is 12.4 Å². The lowest BCUT2D eigenvalue weighted by molar-refractivity contribution is -0.127. The Morgan fingerprint density at radius 3 is 3.00 bits per heavy atom. The van der Waals surface area contributed by atoms with Crippen molar-refractivity contribution in [3.05, 3.63) is 24.0 Å². The van der Waals surface area contributed by atoms with Crippen molar-refractivity contribution in [3.8, 4) is 0 Å². The van der Waals surface area contributed by atoms with Gasteiger partial charge in [0.25, 0.3) is 0 Å². The lowest BCUT2D eigenvalue weighted by Gasteiger charge is -2.29. The van der Waals surface area contributed by atoms with Gasteiger partial charge in [0.1, 0.15) is 0 Å². The molecule has 5 nitrogen and oxygen atoms in total. The van der Waals surface area contributed by atoms with Gasteiger partial charge in [0.2, 0.25) is 5.91 Å². The molecule has 1 aromatic heterocycles. The number of carbonyl (C=O) groups excluding carboxylic acids is 1. The monoisotopic (exact) mass is 270 g/mol. The molecule has 0 bridgehead atoms. The average Bonchev–Trinajstić information content (AvgIpc) is 2.72. The summed E-state index contributed by atoms with van der Waals surface area (Å²) in [5, 5.41) is 4.04. The van der Waals surface area contributed by atoms with Gasteiger partial charge in [-0.3, -0.25) is 9.48 Å². The van der Waals surface area contributed by atoms with Gasteiger partial charge in [-0.1, -0.05) is 0 Å². The zero-order chi connectivity index (χ0) is 12.3. The van der Waals surface area contributed by atoms with Crippen molar-refractivity contribution in [1.82, 2.24) is 14.7 Å². The van der Waals surface area contributed by atoms with E-state index in [4.69, 9.17) is 5.73 Å². The molecule has 0 aromatic carbocycles. The van der Waals surface area contributed by atoms with Gasteiger partial charge in [0.05, 0.1) is 5.69 Å². The van der Waals surface area contributed by atoms with Gasteiger partial charge in [-0.2, -0.15) is 5.10 Å². The molecular weight excluding hydrogens is 252 g/mol. The number of hydrogen-bond donors (Lipinski definition) is 1. The van der Waals surface area contributed by atoms with Crippen LogP contribution in [0.15, 0.2) is 18.3 Å². The summed E-state index contributed by atoms with van der Waals surface area (Å²) in [6.45, 7) is 1.47. The van der Waals surface area contributed by atoms with E-state index in [1.54, 1.807) is 27.9 Å². The van der Waals surface area contributed by atoms with E-state index in [9.17, 15) is 4.79 Å². The second kappa shape index (κ2) is 6.56. The van der Waals surface area contributed by atoms with Crippen LogP contribution < -0.4 is 5.73 Å². The Morgan fingerprint density at radius 2 is 2.39 bits per heavy atom. The van der Waals surface area contributed by atoms with Gasteiger partial charge in [0.15, 0.2) is 0 Å². The number of carbonyl (C=O) groups is 1. The van der Waals surface area contributed by atoms with Crippen LogP contribution in [0.5, 0.6) is 0 Å². The fraction of sp³-hybridized carbons (Fsp3) is 0.500. The third kappa shape index (κ3) is 3.58. The molecule has 0 aliphatic carbocycles. The maximum atomic E-state index is 11.9. The van der Waals surface area contributed by atoms with Crippen LogP contribution in [0, 0.1) is 0 Å². The Morgan fingerprint density at radius 1 is 1.61 bits per heavy atom.